The normalized spacial score (nSPS) is 11.8. The zero-order chi connectivity index (χ0) is 13.4. The van der Waals surface area contributed by atoms with Gasteiger partial charge < -0.3 is 10.6 Å². The Morgan fingerprint density at radius 3 is 2.33 bits per heavy atom. The van der Waals surface area contributed by atoms with Crippen LogP contribution in [0.4, 0.5) is 0 Å². The molecular weight excluding hydrogens is 240 g/mol. The average molecular weight is 266 g/mol. The number of benzene rings is 1. The van der Waals surface area contributed by atoms with Crippen LogP contribution in [0.5, 0.6) is 0 Å². The molecule has 0 saturated carbocycles. The molecule has 2 nitrogen and oxygen atoms in total. The lowest BCUT2D eigenvalue weighted by Crippen LogP contribution is -2.34. The molecule has 0 aromatic heterocycles. The second-order valence-electron chi connectivity index (χ2n) is 5.25. The predicted octanol–water partition coefficient (Wildman–Crippen LogP) is 2.89. The van der Waals surface area contributed by atoms with Crippen LogP contribution in [0, 0.1) is 0 Å². The minimum absolute atomic E-state index is 0.191. The number of hydrogen-bond acceptors (Lipinski definition) is 3. The van der Waals surface area contributed by atoms with E-state index in [0.29, 0.717) is 0 Å². The number of hydrogen-bond donors (Lipinski definition) is 2. The Kier molecular flexibility index (Phi) is 6.76. The van der Waals surface area contributed by atoms with Crippen LogP contribution in [-0.4, -0.2) is 32.9 Å². The van der Waals surface area contributed by atoms with Crippen molar-refractivity contribution in [3.05, 3.63) is 29.8 Å². The molecule has 1 aromatic carbocycles. The van der Waals surface area contributed by atoms with Gasteiger partial charge >= 0.3 is 0 Å². The number of thioether (sulfide) groups is 1. The van der Waals surface area contributed by atoms with E-state index in [-0.39, 0.29) is 5.41 Å². The van der Waals surface area contributed by atoms with E-state index in [9.17, 15) is 0 Å². The van der Waals surface area contributed by atoms with Gasteiger partial charge in [0.2, 0.25) is 0 Å². The van der Waals surface area contributed by atoms with Gasteiger partial charge in [-0.1, -0.05) is 26.0 Å². The molecule has 2 N–H and O–H groups in total. The lowest BCUT2D eigenvalue weighted by atomic mass is 9.84. The Hall–Kier alpha value is -0.510. The molecule has 0 radical (unpaired) electrons. The lowest BCUT2D eigenvalue weighted by Gasteiger charge is -2.26. The molecule has 0 atom stereocenters. The predicted molar refractivity (Wildman–Crippen MR) is 82.7 cm³/mol. The minimum atomic E-state index is 0.191. The zero-order valence-electron chi connectivity index (χ0n) is 12.0. The fraction of sp³-hybridized carbons (Fsp3) is 0.600. The average Bonchev–Trinajstić information content (AvgIpc) is 2.38. The largest absolute Gasteiger partial charge is 0.320 e. The summed E-state index contributed by atoms with van der Waals surface area (Å²) in [5.74, 6) is 0. The third-order valence-corrected chi connectivity index (χ3v) is 3.96. The van der Waals surface area contributed by atoms with Crippen LogP contribution in [0.3, 0.4) is 0 Å². The Labute approximate surface area is 116 Å². The van der Waals surface area contributed by atoms with Crippen LogP contribution in [0.25, 0.3) is 0 Å². The first-order chi connectivity index (χ1) is 8.60. The van der Waals surface area contributed by atoms with E-state index in [1.807, 2.05) is 7.05 Å². The van der Waals surface area contributed by atoms with Crippen LogP contribution < -0.4 is 10.6 Å². The molecule has 0 unspecified atom stereocenters. The maximum absolute atomic E-state index is 3.54. The van der Waals surface area contributed by atoms with Crippen molar-refractivity contribution in [2.24, 2.45) is 0 Å². The van der Waals surface area contributed by atoms with Gasteiger partial charge in [0.05, 0.1) is 0 Å². The van der Waals surface area contributed by atoms with Gasteiger partial charge in [0, 0.05) is 16.9 Å². The summed E-state index contributed by atoms with van der Waals surface area (Å²) < 4.78 is 0. The fourth-order valence-corrected chi connectivity index (χ4v) is 2.34. The topological polar surface area (TPSA) is 24.1 Å². The third-order valence-electron chi connectivity index (χ3n) is 3.22. The highest BCUT2D eigenvalue weighted by Crippen LogP contribution is 2.24. The quantitative estimate of drug-likeness (QED) is 0.559. The van der Waals surface area contributed by atoms with E-state index in [2.05, 4.69) is 55.0 Å². The van der Waals surface area contributed by atoms with Gasteiger partial charge in [-0.3, -0.25) is 0 Å². The molecule has 0 aliphatic rings. The maximum Gasteiger partial charge on any atom is 0.00693 e. The van der Waals surface area contributed by atoms with Crippen molar-refractivity contribution in [3.8, 4) is 0 Å². The van der Waals surface area contributed by atoms with Crippen molar-refractivity contribution < 1.29 is 0 Å². The van der Waals surface area contributed by atoms with Crippen molar-refractivity contribution in [2.75, 3.05) is 32.9 Å². The Bertz CT molecular complexity index is 333. The van der Waals surface area contributed by atoms with Gasteiger partial charge in [-0.25, -0.2) is 0 Å². The second-order valence-corrected chi connectivity index (χ2v) is 6.13. The Balaban J connectivity index is 2.45. The summed E-state index contributed by atoms with van der Waals surface area (Å²) in [5.41, 5.74) is 1.60. The zero-order valence-corrected chi connectivity index (χ0v) is 12.9. The smallest absolute Gasteiger partial charge is 0.00693 e. The van der Waals surface area contributed by atoms with Crippen molar-refractivity contribution in [1.29, 1.82) is 0 Å². The molecule has 0 fully saturated rings. The van der Waals surface area contributed by atoms with E-state index >= 15 is 0 Å². The highest BCUT2D eigenvalue weighted by molar-refractivity contribution is 7.98. The summed E-state index contributed by atoms with van der Waals surface area (Å²) >= 11 is 1.79. The van der Waals surface area contributed by atoms with E-state index in [4.69, 9.17) is 0 Å². The van der Waals surface area contributed by atoms with Crippen LogP contribution in [0.15, 0.2) is 29.2 Å². The minimum Gasteiger partial charge on any atom is -0.320 e. The van der Waals surface area contributed by atoms with Gasteiger partial charge in [-0.2, -0.15) is 0 Å². The van der Waals surface area contributed by atoms with Gasteiger partial charge in [0.1, 0.15) is 0 Å². The molecule has 0 bridgehead atoms. The van der Waals surface area contributed by atoms with E-state index < -0.39 is 0 Å². The first-order valence-corrected chi connectivity index (χ1v) is 7.82. The highest BCUT2D eigenvalue weighted by Gasteiger charge is 2.19. The molecule has 0 amide bonds. The summed E-state index contributed by atoms with van der Waals surface area (Å²) in [6.07, 6.45) is 3.29. The standard InChI is InChI=1S/C15H26N2S/c1-15(2,12-17-11-5-10-16-3)13-6-8-14(18-4)9-7-13/h6-9,16-17H,5,10-12H2,1-4H3. The molecule has 3 heteroatoms. The SMILES string of the molecule is CNCCCNCC(C)(C)c1ccc(SC)cc1. The summed E-state index contributed by atoms with van der Waals surface area (Å²) in [5, 5.41) is 6.71. The van der Waals surface area contributed by atoms with E-state index in [1.54, 1.807) is 11.8 Å². The van der Waals surface area contributed by atoms with Crippen molar-refractivity contribution in [1.82, 2.24) is 10.6 Å². The van der Waals surface area contributed by atoms with Gasteiger partial charge in [-0.05, 0) is 50.5 Å². The molecule has 0 aliphatic heterocycles. The molecule has 102 valence electrons. The van der Waals surface area contributed by atoms with Gasteiger partial charge in [-0.15, -0.1) is 11.8 Å². The molecule has 18 heavy (non-hydrogen) atoms. The maximum atomic E-state index is 3.54. The molecule has 0 saturated heterocycles. The number of rotatable bonds is 8. The molecule has 1 aromatic rings. The van der Waals surface area contributed by atoms with Crippen LogP contribution in [0.2, 0.25) is 0 Å². The Morgan fingerprint density at radius 2 is 1.78 bits per heavy atom. The molecular formula is C15H26N2S. The summed E-state index contributed by atoms with van der Waals surface area (Å²) in [4.78, 5) is 1.33. The van der Waals surface area contributed by atoms with Gasteiger partial charge in [0.25, 0.3) is 0 Å². The molecule has 0 aliphatic carbocycles. The van der Waals surface area contributed by atoms with Crippen LogP contribution >= 0.6 is 11.8 Å². The summed E-state index contributed by atoms with van der Waals surface area (Å²) in [6.45, 7) is 7.77. The van der Waals surface area contributed by atoms with Crippen LogP contribution in [0.1, 0.15) is 25.8 Å². The van der Waals surface area contributed by atoms with E-state index in [0.717, 1.165) is 19.6 Å². The third kappa shape index (κ3) is 5.01. The van der Waals surface area contributed by atoms with Gasteiger partial charge in [0.15, 0.2) is 0 Å². The molecule has 0 heterocycles. The first kappa shape index (κ1) is 15.5. The fourth-order valence-electron chi connectivity index (χ4n) is 1.94. The van der Waals surface area contributed by atoms with E-state index in [1.165, 1.54) is 16.9 Å². The summed E-state index contributed by atoms with van der Waals surface area (Å²) in [7, 11) is 2.00. The summed E-state index contributed by atoms with van der Waals surface area (Å²) in [6, 6.07) is 8.92. The highest BCUT2D eigenvalue weighted by atomic mass is 32.2. The second kappa shape index (κ2) is 7.82. The number of nitrogens with one attached hydrogen (secondary N) is 2. The van der Waals surface area contributed by atoms with Crippen LogP contribution in [-0.2, 0) is 5.41 Å². The lowest BCUT2D eigenvalue weighted by molar-refractivity contribution is 0.464. The Morgan fingerprint density at radius 1 is 1.11 bits per heavy atom. The van der Waals surface area contributed by atoms with Crippen molar-refractivity contribution in [2.45, 2.75) is 30.6 Å². The molecule has 0 spiro atoms. The first-order valence-electron chi connectivity index (χ1n) is 6.60. The van der Waals surface area contributed by atoms with Crippen molar-refractivity contribution in [3.63, 3.8) is 0 Å². The van der Waals surface area contributed by atoms with Crippen molar-refractivity contribution >= 4 is 11.8 Å². The molecule has 1 rings (SSSR count). The monoisotopic (exact) mass is 266 g/mol.